The van der Waals surface area contributed by atoms with Gasteiger partial charge >= 0.3 is 6.03 Å². The Hall–Kier alpha value is -3.93. The predicted molar refractivity (Wildman–Crippen MR) is 140 cm³/mol. The Morgan fingerprint density at radius 1 is 0.722 bits per heavy atom. The first-order valence-corrected chi connectivity index (χ1v) is 12.6. The van der Waals surface area contributed by atoms with Crippen molar-refractivity contribution < 1.29 is 14.4 Å². The number of rotatable bonds is 2. The number of amides is 4. The van der Waals surface area contributed by atoms with Gasteiger partial charge in [0.1, 0.15) is 0 Å². The number of barbiturate groups is 1. The molecule has 6 heteroatoms. The molecule has 3 aromatic carbocycles. The Balaban J connectivity index is 1.61. The Kier molecular flexibility index (Phi) is 5.21. The number of anilines is 3. The lowest BCUT2D eigenvalue weighted by Gasteiger charge is -2.58. The number of para-hydroxylation sites is 3. The Labute approximate surface area is 211 Å². The molecule has 0 radical (unpaired) electrons. The average molecular weight is 480 g/mol. The van der Waals surface area contributed by atoms with Gasteiger partial charge in [-0.25, -0.2) is 14.6 Å². The van der Waals surface area contributed by atoms with Gasteiger partial charge in [-0.1, -0.05) is 68.4 Å². The van der Waals surface area contributed by atoms with Crippen LogP contribution in [0.1, 0.15) is 25.8 Å². The summed E-state index contributed by atoms with van der Waals surface area (Å²) in [4.78, 5) is 47.9. The van der Waals surface area contributed by atoms with Crippen molar-refractivity contribution in [3.8, 4) is 0 Å². The molecule has 6 rings (SSSR count). The number of hydrogen-bond donors (Lipinski definition) is 0. The van der Waals surface area contributed by atoms with E-state index in [0.717, 1.165) is 24.2 Å². The van der Waals surface area contributed by atoms with Crippen molar-refractivity contribution in [2.75, 3.05) is 21.2 Å². The molecule has 2 saturated heterocycles. The topological polar surface area (TPSA) is 60.9 Å². The maximum atomic E-state index is 14.6. The van der Waals surface area contributed by atoms with E-state index in [4.69, 9.17) is 0 Å². The number of carbonyl (C=O) groups excluding carboxylic acids is 3. The number of carbonyl (C=O) groups is 3. The smallest absolute Gasteiger partial charge is 0.342 e. The van der Waals surface area contributed by atoms with E-state index in [2.05, 4.69) is 24.8 Å². The summed E-state index contributed by atoms with van der Waals surface area (Å²) in [6.07, 6.45) is 1.18. The zero-order chi connectivity index (χ0) is 25.0. The Bertz CT molecular complexity index is 1280. The molecule has 3 aliphatic heterocycles. The Morgan fingerprint density at radius 3 is 1.83 bits per heavy atom. The maximum absolute atomic E-state index is 14.6. The summed E-state index contributed by atoms with van der Waals surface area (Å²) in [7, 11) is 0. The summed E-state index contributed by atoms with van der Waals surface area (Å²) < 4.78 is 0. The van der Waals surface area contributed by atoms with Crippen molar-refractivity contribution in [3.63, 3.8) is 0 Å². The van der Waals surface area contributed by atoms with Crippen LogP contribution in [0.25, 0.3) is 0 Å². The molecule has 3 aromatic rings. The van der Waals surface area contributed by atoms with Crippen molar-refractivity contribution in [2.24, 2.45) is 17.3 Å². The lowest BCUT2D eigenvalue weighted by molar-refractivity contribution is -0.144. The van der Waals surface area contributed by atoms with Crippen molar-refractivity contribution in [3.05, 3.63) is 90.5 Å². The van der Waals surface area contributed by atoms with E-state index in [-0.39, 0.29) is 18.4 Å². The molecule has 0 aliphatic carbocycles. The van der Waals surface area contributed by atoms with Gasteiger partial charge in [-0.2, -0.15) is 0 Å². The molecule has 2 fully saturated rings. The fourth-order valence-electron chi connectivity index (χ4n) is 6.72. The van der Waals surface area contributed by atoms with Crippen LogP contribution in [0.15, 0.2) is 84.9 Å². The number of piperidine rings is 1. The molecule has 0 saturated carbocycles. The van der Waals surface area contributed by atoms with Crippen LogP contribution < -0.4 is 14.7 Å². The molecule has 4 amide bonds. The number of benzene rings is 3. The normalized spacial score (nSPS) is 25.1. The van der Waals surface area contributed by atoms with Gasteiger partial charge in [0.05, 0.1) is 17.4 Å². The molecule has 0 aromatic heterocycles. The largest absolute Gasteiger partial charge is 0.366 e. The highest BCUT2D eigenvalue weighted by molar-refractivity contribution is 6.39. The van der Waals surface area contributed by atoms with Crippen molar-refractivity contribution >= 4 is 34.9 Å². The van der Waals surface area contributed by atoms with Crippen molar-refractivity contribution in [1.82, 2.24) is 0 Å². The lowest BCUT2D eigenvalue weighted by Crippen LogP contribution is -2.75. The molecule has 0 unspecified atom stereocenters. The SMILES string of the molecule is C[C@@H]1C[C@H](C)[C@H]2N(C1)c1ccccc1CC21C(=O)N(c2ccccc2)C(=O)N(c2ccccc2)C1=O. The fraction of sp³-hybridized carbons (Fsp3) is 0.300. The fourth-order valence-corrected chi connectivity index (χ4v) is 6.72. The number of nitrogens with zero attached hydrogens (tertiary/aromatic N) is 3. The second kappa shape index (κ2) is 8.33. The zero-order valence-electron chi connectivity index (χ0n) is 20.5. The second-order valence-electron chi connectivity index (χ2n) is 10.4. The molecule has 0 N–H and O–H groups in total. The lowest BCUT2D eigenvalue weighted by atomic mass is 9.62. The highest BCUT2D eigenvalue weighted by Crippen LogP contribution is 2.52. The highest BCUT2D eigenvalue weighted by atomic mass is 16.2. The van der Waals surface area contributed by atoms with Crippen LogP contribution in [-0.4, -0.2) is 30.4 Å². The molecule has 3 heterocycles. The third-order valence-corrected chi connectivity index (χ3v) is 8.01. The first kappa shape index (κ1) is 22.5. The van der Waals surface area contributed by atoms with E-state index in [1.54, 1.807) is 48.5 Å². The van der Waals surface area contributed by atoms with Crippen LogP contribution in [0, 0.1) is 17.3 Å². The van der Waals surface area contributed by atoms with Gasteiger partial charge in [0.15, 0.2) is 5.41 Å². The third-order valence-electron chi connectivity index (χ3n) is 8.01. The van der Waals surface area contributed by atoms with Gasteiger partial charge in [-0.3, -0.25) is 9.59 Å². The standard InChI is InChI=1S/C30H29N3O3/c1-20-17-21(2)26-30(18-22-11-9-10-16-25(22)31(26)19-20)27(34)32(23-12-5-3-6-13-23)29(36)33(28(30)35)24-14-7-4-8-15-24/h3-16,20-21,26H,17-19H2,1-2H3/t20-,21+,26-/m1/s1. The quantitative estimate of drug-likeness (QED) is 0.469. The van der Waals surface area contributed by atoms with E-state index in [1.807, 2.05) is 30.3 Å². The van der Waals surface area contributed by atoms with E-state index < -0.39 is 23.3 Å². The van der Waals surface area contributed by atoms with Crippen LogP contribution >= 0.6 is 0 Å². The monoisotopic (exact) mass is 479 g/mol. The third kappa shape index (κ3) is 3.13. The molecule has 3 aliphatic rings. The number of urea groups is 1. The van der Waals surface area contributed by atoms with Crippen molar-refractivity contribution in [2.45, 2.75) is 32.7 Å². The predicted octanol–water partition coefficient (Wildman–Crippen LogP) is 5.28. The van der Waals surface area contributed by atoms with Crippen LogP contribution in [0.4, 0.5) is 21.9 Å². The molecule has 182 valence electrons. The molecular formula is C30H29N3O3. The molecule has 36 heavy (non-hydrogen) atoms. The van der Waals surface area contributed by atoms with Gasteiger partial charge < -0.3 is 4.90 Å². The summed E-state index contributed by atoms with van der Waals surface area (Å²) in [6.45, 7) is 5.12. The minimum Gasteiger partial charge on any atom is -0.366 e. The number of fused-ring (bicyclic) bond motifs is 4. The molecular weight excluding hydrogens is 450 g/mol. The molecule has 0 bridgehead atoms. The van der Waals surface area contributed by atoms with E-state index in [9.17, 15) is 14.4 Å². The van der Waals surface area contributed by atoms with E-state index in [1.165, 1.54) is 9.80 Å². The van der Waals surface area contributed by atoms with Gasteiger partial charge in [0.2, 0.25) is 0 Å². The maximum Gasteiger partial charge on any atom is 0.342 e. The van der Waals surface area contributed by atoms with E-state index >= 15 is 0 Å². The van der Waals surface area contributed by atoms with Crippen LogP contribution in [0.3, 0.4) is 0 Å². The minimum absolute atomic E-state index is 0.0819. The summed E-state index contributed by atoms with van der Waals surface area (Å²) in [5.74, 6) is -0.354. The summed E-state index contributed by atoms with van der Waals surface area (Å²) >= 11 is 0. The van der Waals surface area contributed by atoms with Gasteiger partial charge in [-0.05, 0) is 60.6 Å². The van der Waals surface area contributed by atoms with Crippen LogP contribution in [0.2, 0.25) is 0 Å². The Morgan fingerprint density at radius 2 is 1.25 bits per heavy atom. The van der Waals surface area contributed by atoms with Gasteiger partial charge in [0.25, 0.3) is 11.8 Å². The highest BCUT2D eigenvalue weighted by Gasteiger charge is 2.66. The molecule has 1 spiro atoms. The van der Waals surface area contributed by atoms with Crippen LogP contribution in [0.5, 0.6) is 0 Å². The van der Waals surface area contributed by atoms with Crippen molar-refractivity contribution in [1.29, 1.82) is 0 Å². The summed E-state index contributed by atoms with van der Waals surface area (Å²) in [5, 5.41) is 0. The second-order valence-corrected chi connectivity index (χ2v) is 10.4. The number of imide groups is 2. The van der Waals surface area contributed by atoms with E-state index in [0.29, 0.717) is 17.3 Å². The van der Waals surface area contributed by atoms with Gasteiger partial charge in [-0.15, -0.1) is 0 Å². The van der Waals surface area contributed by atoms with Crippen LogP contribution in [-0.2, 0) is 16.0 Å². The zero-order valence-corrected chi connectivity index (χ0v) is 20.5. The molecule has 3 atom stereocenters. The summed E-state index contributed by atoms with van der Waals surface area (Å²) in [6, 6.07) is 25.0. The average Bonchev–Trinajstić information content (AvgIpc) is 2.88. The summed E-state index contributed by atoms with van der Waals surface area (Å²) in [5.41, 5.74) is 1.58. The number of hydrogen-bond acceptors (Lipinski definition) is 4. The van der Waals surface area contributed by atoms with Gasteiger partial charge in [0, 0.05) is 12.2 Å². The first-order chi connectivity index (χ1) is 17.4. The minimum atomic E-state index is -1.42. The first-order valence-electron chi connectivity index (χ1n) is 12.6. The molecule has 6 nitrogen and oxygen atoms in total.